The van der Waals surface area contributed by atoms with Crippen molar-refractivity contribution in [2.24, 2.45) is 5.92 Å². The van der Waals surface area contributed by atoms with Gasteiger partial charge in [-0.2, -0.15) is 0 Å². The largest absolute Gasteiger partial charge is 0.313 e. The maximum absolute atomic E-state index is 13.1. The molecule has 1 N–H and O–H groups in total. The first-order chi connectivity index (χ1) is 8.54. The van der Waals surface area contributed by atoms with E-state index in [0.717, 1.165) is 30.6 Å². The van der Waals surface area contributed by atoms with Crippen molar-refractivity contribution in [3.63, 3.8) is 0 Å². The van der Waals surface area contributed by atoms with Crippen LogP contribution in [0.15, 0.2) is 23.8 Å². The molecule has 18 heavy (non-hydrogen) atoms. The van der Waals surface area contributed by atoms with E-state index in [9.17, 15) is 4.39 Å². The molecule has 0 saturated carbocycles. The number of hydrogen-bond donors (Lipinski definition) is 1. The van der Waals surface area contributed by atoms with Gasteiger partial charge in [-0.1, -0.05) is 38.5 Å². The molecule has 0 aliphatic heterocycles. The average molecular weight is 249 g/mol. The molecule has 1 nitrogen and oxygen atoms in total. The first-order valence-corrected chi connectivity index (χ1v) is 6.72. The number of hydrogen-bond acceptors (Lipinski definition) is 1. The van der Waals surface area contributed by atoms with E-state index in [-0.39, 0.29) is 5.82 Å². The normalized spacial score (nSPS) is 12.2. The van der Waals surface area contributed by atoms with E-state index in [2.05, 4.69) is 32.2 Å². The lowest BCUT2D eigenvalue weighted by molar-refractivity contribution is 0.626. The molecule has 0 bridgehead atoms. The Morgan fingerprint density at radius 3 is 2.67 bits per heavy atom. The van der Waals surface area contributed by atoms with Crippen molar-refractivity contribution in [3.8, 4) is 0 Å². The molecular formula is C16H24FN. The maximum atomic E-state index is 13.1. The Balaban J connectivity index is 2.86. The van der Waals surface area contributed by atoms with Gasteiger partial charge in [-0.25, -0.2) is 4.39 Å². The third kappa shape index (κ3) is 4.61. The fourth-order valence-corrected chi connectivity index (χ4v) is 1.83. The Kier molecular flexibility index (Phi) is 6.06. The Morgan fingerprint density at radius 1 is 1.39 bits per heavy atom. The number of halogens is 1. The van der Waals surface area contributed by atoms with Crippen LogP contribution in [0.5, 0.6) is 0 Å². The van der Waals surface area contributed by atoms with Crippen molar-refractivity contribution < 1.29 is 4.39 Å². The molecule has 2 heteroatoms. The molecule has 0 unspecified atom stereocenters. The predicted octanol–water partition coefficient (Wildman–Crippen LogP) is 4.17. The molecule has 100 valence electrons. The van der Waals surface area contributed by atoms with Crippen LogP contribution in [0.4, 0.5) is 4.39 Å². The summed E-state index contributed by atoms with van der Waals surface area (Å²) in [7, 11) is 0. The van der Waals surface area contributed by atoms with Gasteiger partial charge in [0.05, 0.1) is 0 Å². The molecule has 0 heterocycles. The van der Waals surface area contributed by atoms with Gasteiger partial charge in [0.15, 0.2) is 0 Å². The van der Waals surface area contributed by atoms with E-state index in [0.29, 0.717) is 5.92 Å². The van der Waals surface area contributed by atoms with Crippen LogP contribution in [0, 0.1) is 18.7 Å². The summed E-state index contributed by atoms with van der Waals surface area (Å²) in [6, 6.07) is 4.96. The van der Waals surface area contributed by atoms with E-state index >= 15 is 0 Å². The Bertz CT molecular complexity index is 408. The van der Waals surface area contributed by atoms with Crippen molar-refractivity contribution in [1.82, 2.24) is 5.32 Å². The van der Waals surface area contributed by atoms with E-state index in [1.54, 1.807) is 6.07 Å². The third-order valence-electron chi connectivity index (χ3n) is 3.07. The molecule has 1 aromatic carbocycles. The minimum Gasteiger partial charge on any atom is -0.313 e. The molecule has 0 aliphatic carbocycles. The highest BCUT2D eigenvalue weighted by atomic mass is 19.1. The topological polar surface area (TPSA) is 12.0 Å². The van der Waals surface area contributed by atoms with E-state index in [1.165, 1.54) is 11.6 Å². The molecule has 0 saturated heterocycles. The van der Waals surface area contributed by atoms with E-state index in [1.807, 2.05) is 13.0 Å². The van der Waals surface area contributed by atoms with Crippen molar-refractivity contribution >= 4 is 6.08 Å². The van der Waals surface area contributed by atoms with Crippen LogP contribution in [0.3, 0.4) is 0 Å². The molecule has 0 aromatic heterocycles. The molecule has 0 fully saturated rings. The number of aryl methyl sites for hydroxylation is 1. The second-order valence-electron chi connectivity index (χ2n) is 5.05. The quantitative estimate of drug-likeness (QED) is 0.746. The van der Waals surface area contributed by atoms with E-state index < -0.39 is 0 Å². The highest BCUT2D eigenvalue weighted by molar-refractivity contribution is 5.57. The van der Waals surface area contributed by atoms with Gasteiger partial charge < -0.3 is 5.32 Å². The molecule has 1 aromatic rings. The van der Waals surface area contributed by atoms with Crippen molar-refractivity contribution in [2.75, 3.05) is 13.1 Å². The first-order valence-electron chi connectivity index (χ1n) is 6.72. The second kappa shape index (κ2) is 7.32. The maximum Gasteiger partial charge on any atom is 0.123 e. The fraction of sp³-hybridized carbons (Fsp3) is 0.500. The predicted molar refractivity (Wildman–Crippen MR) is 77.1 cm³/mol. The smallest absolute Gasteiger partial charge is 0.123 e. The molecule has 0 radical (unpaired) electrons. The SMILES string of the molecule is CCCNCC(=Cc1ccc(F)cc1C)C(C)C. The summed E-state index contributed by atoms with van der Waals surface area (Å²) in [5.74, 6) is 0.332. The zero-order chi connectivity index (χ0) is 13.5. The summed E-state index contributed by atoms with van der Waals surface area (Å²) in [5.41, 5.74) is 3.46. The van der Waals surface area contributed by atoms with Crippen molar-refractivity contribution in [3.05, 3.63) is 40.7 Å². The van der Waals surface area contributed by atoms with Gasteiger partial charge in [0.1, 0.15) is 5.82 Å². The Hall–Kier alpha value is -1.15. The van der Waals surface area contributed by atoms with Crippen LogP contribution in [0.1, 0.15) is 38.3 Å². The molecular weight excluding hydrogens is 225 g/mol. The standard InChI is InChI=1S/C16H24FN/c1-5-8-18-11-15(12(2)3)10-14-6-7-16(17)9-13(14)4/h6-7,9-10,12,18H,5,8,11H2,1-4H3. The van der Waals surface area contributed by atoms with Crippen LogP contribution in [0.2, 0.25) is 0 Å². The first kappa shape index (κ1) is 14.9. The summed E-state index contributed by atoms with van der Waals surface area (Å²) in [6.07, 6.45) is 3.32. The fourth-order valence-electron chi connectivity index (χ4n) is 1.83. The molecule has 0 aliphatic rings. The minimum absolute atomic E-state index is 0.167. The Labute approximate surface area is 110 Å². The monoisotopic (exact) mass is 249 g/mol. The highest BCUT2D eigenvalue weighted by Crippen LogP contribution is 2.18. The van der Waals surface area contributed by atoms with Gasteiger partial charge in [0.2, 0.25) is 0 Å². The number of nitrogens with one attached hydrogen (secondary N) is 1. The summed E-state index contributed by atoms with van der Waals surface area (Å²) >= 11 is 0. The van der Waals surface area contributed by atoms with Gasteiger partial charge in [-0.3, -0.25) is 0 Å². The summed E-state index contributed by atoms with van der Waals surface area (Å²) in [4.78, 5) is 0. The number of benzene rings is 1. The summed E-state index contributed by atoms with van der Waals surface area (Å²) in [5, 5.41) is 3.43. The third-order valence-corrected chi connectivity index (χ3v) is 3.07. The molecule has 1 rings (SSSR count). The number of rotatable bonds is 6. The van der Waals surface area contributed by atoms with Gasteiger partial charge in [0.25, 0.3) is 0 Å². The van der Waals surface area contributed by atoms with Gasteiger partial charge in [-0.15, -0.1) is 0 Å². The van der Waals surface area contributed by atoms with Crippen molar-refractivity contribution in [1.29, 1.82) is 0 Å². The zero-order valence-electron chi connectivity index (χ0n) is 11.9. The lowest BCUT2D eigenvalue weighted by Crippen LogP contribution is -2.20. The van der Waals surface area contributed by atoms with Crippen LogP contribution < -0.4 is 5.32 Å². The van der Waals surface area contributed by atoms with E-state index in [4.69, 9.17) is 0 Å². The lowest BCUT2D eigenvalue weighted by Gasteiger charge is -2.13. The highest BCUT2D eigenvalue weighted by Gasteiger charge is 2.05. The zero-order valence-corrected chi connectivity index (χ0v) is 11.9. The van der Waals surface area contributed by atoms with Crippen LogP contribution in [-0.4, -0.2) is 13.1 Å². The summed E-state index contributed by atoms with van der Waals surface area (Å²) in [6.45, 7) is 10.4. The molecule has 0 atom stereocenters. The average Bonchev–Trinajstić information content (AvgIpc) is 2.30. The summed E-state index contributed by atoms with van der Waals surface area (Å²) < 4.78 is 13.1. The minimum atomic E-state index is -0.167. The van der Waals surface area contributed by atoms with Gasteiger partial charge in [-0.05, 0) is 49.1 Å². The van der Waals surface area contributed by atoms with Crippen LogP contribution >= 0.6 is 0 Å². The lowest BCUT2D eigenvalue weighted by atomic mass is 9.98. The van der Waals surface area contributed by atoms with Gasteiger partial charge >= 0.3 is 0 Å². The Morgan fingerprint density at radius 2 is 2.11 bits per heavy atom. The van der Waals surface area contributed by atoms with Gasteiger partial charge in [0, 0.05) is 6.54 Å². The second-order valence-corrected chi connectivity index (χ2v) is 5.05. The molecule has 0 spiro atoms. The molecule has 0 amide bonds. The van der Waals surface area contributed by atoms with Crippen LogP contribution in [-0.2, 0) is 0 Å². The van der Waals surface area contributed by atoms with Crippen molar-refractivity contribution in [2.45, 2.75) is 34.1 Å². The van der Waals surface area contributed by atoms with Crippen LogP contribution in [0.25, 0.3) is 6.08 Å².